The summed E-state index contributed by atoms with van der Waals surface area (Å²) in [6.07, 6.45) is 1.29. The van der Waals surface area contributed by atoms with E-state index < -0.39 is 5.97 Å². The fourth-order valence-electron chi connectivity index (χ4n) is 5.22. The van der Waals surface area contributed by atoms with Crippen LogP contribution in [0.2, 0.25) is 5.02 Å². The standard InChI is InChI=1S/C37H35Cl2FN2O4/c1-24(2)45-36-33(42(35(43)11-6-17-38)18-16-25-12-14-30(40)15-13-25)21-27(19-26-7-5-9-29(39)20-26)22-34(36)46-37(44)32-23-28-8-3-4-10-31(28)41-32/h3-5,7-10,12-15,20-24,41H,6,11,16-19H2,1-2H3. The van der Waals surface area contributed by atoms with Gasteiger partial charge >= 0.3 is 5.97 Å². The number of para-hydroxylation sites is 1. The Morgan fingerprint density at radius 3 is 2.41 bits per heavy atom. The van der Waals surface area contributed by atoms with Gasteiger partial charge in [-0.05, 0) is 98.3 Å². The van der Waals surface area contributed by atoms with Crippen molar-refractivity contribution in [2.45, 2.75) is 45.6 Å². The number of anilines is 1. The number of rotatable bonds is 13. The first-order valence-corrected chi connectivity index (χ1v) is 16.1. The fourth-order valence-corrected chi connectivity index (χ4v) is 5.57. The average molecular weight is 662 g/mol. The van der Waals surface area contributed by atoms with E-state index in [-0.39, 0.29) is 48.0 Å². The molecule has 0 spiro atoms. The number of amides is 1. The fraction of sp³-hybridized carbons (Fsp3) is 0.243. The lowest BCUT2D eigenvalue weighted by atomic mass is 10.0. The molecule has 1 amide bonds. The lowest BCUT2D eigenvalue weighted by molar-refractivity contribution is -0.118. The largest absolute Gasteiger partial charge is 0.485 e. The first-order valence-electron chi connectivity index (χ1n) is 15.2. The summed E-state index contributed by atoms with van der Waals surface area (Å²) >= 11 is 12.3. The summed E-state index contributed by atoms with van der Waals surface area (Å²) in [5.74, 6) is -0.307. The highest BCUT2D eigenvalue weighted by Crippen LogP contribution is 2.42. The van der Waals surface area contributed by atoms with Crippen LogP contribution in [-0.4, -0.2) is 35.4 Å². The summed E-state index contributed by atoms with van der Waals surface area (Å²) in [6, 6.07) is 26.7. The maximum Gasteiger partial charge on any atom is 0.360 e. The van der Waals surface area contributed by atoms with E-state index in [4.69, 9.17) is 32.7 Å². The molecule has 0 atom stereocenters. The minimum absolute atomic E-state index is 0.163. The van der Waals surface area contributed by atoms with Crippen LogP contribution in [0.25, 0.3) is 10.9 Å². The van der Waals surface area contributed by atoms with Crippen LogP contribution in [0.1, 0.15) is 53.9 Å². The van der Waals surface area contributed by atoms with Crippen LogP contribution in [0.3, 0.4) is 0 Å². The summed E-state index contributed by atoms with van der Waals surface area (Å²) in [5, 5.41) is 1.47. The van der Waals surface area contributed by atoms with Gasteiger partial charge in [0.2, 0.25) is 5.91 Å². The molecule has 0 aliphatic rings. The molecule has 4 aromatic carbocycles. The predicted molar refractivity (Wildman–Crippen MR) is 182 cm³/mol. The SMILES string of the molecule is CC(C)Oc1c(OC(=O)c2cc3ccccc3[nH]2)cc(Cc2cccc(Cl)c2)cc1N(CCc1ccc(F)cc1)C(=O)CCCCl. The highest BCUT2D eigenvalue weighted by molar-refractivity contribution is 6.30. The van der Waals surface area contributed by atoms with Crippen LogP contribution in [0.4, 0.5) is 10.1 Å². The first-order chi connectivity index (χ1) is 22.2. The van der Waals surface area contributed by atoms with E-state index >= 15 is 0 Å². The monoisotopic (exact) mass is 660 g/mol. The van der Waals surface area contributed by atoms with Crippen molar-refractivity contribution in [3.05, 3.63) is 124 Å². The summed E-state index contributed by atoms with van der Waals surface area (Å²) in [4.78, 5) is 32.2. The molecule has 0 unspecified atom stereocenters. The number of nitrogens with one attached hydrogen (secondary N) is 1. The zero-order chi connectivity index (χ0) is 32.6. The van der Waals surface area contributed by atoms with Crippen molar-refractivity contribution in [3.8, 4) is 11.5 Å². The number of halogens is 3. The summed E-state index contributed by atoms with van der Waals surface area (Å²) < 4.78 is 26.0. The zero-order valence-electron chi connectivity index (χ0n) is 25.7. The number of fused-ring (bicyclic) bond motifs is 1. The van der Waals surface area contributed by atoms with Crippen molar-refractivity contribution in [2.75, 3.05) is 17.3 Å². The lowest BCUT2D eigenvalue weighted by Crippen LogP contribution is -2.33. The molecule has 6 nitrogen and oxygen atoms in total. The van der Waals surface area contributed by atoms with Crippen molar-refractivity contribution >= 4 is 51.7 Å². The van der Waals surface area contributed by atoms with Crippen molar-refractivity contribution in [1.82, 2.24) is 4.98 Å². The van der Waals surface area contributed by atoms with Gasteiger partial charge in [0.1, 0.15) is 11.5 Å². The molecule has 46 heavy (non-hydrogen) atoms. The van der Waals surface area contributed by atoms with E-state index in [1.54, 1.807) is 35.2 Å². The van der Waals surface area contributed by atoms with Gasteiger partial charge in [-0.3, -0.25) is 4.79 Å². The van der Waals surface area contributed by atoms with Gasteiger partial charge in [0, 0.05) is 34.8 Å². The molecular formula is C37H35Cl2FN2O4. The molecule has 0 fully saturated rings. The molecule has 0 aliphatic carbocycles. The van der Waals surface area contributed by atoms with Crippen LogP contribution < -0.4 is 14.4 Å². The van der Waals surface area contributed by atoms with E-state index in [0.717, 1.165) is 27.6 Å². The zero-order valence-corrected chi connectivity index (χ0v) is 27.2. The normalized spacial score (nSPS) is 11.2. The Kier molecular flexibility index (Phi) is 11.0. The first kappa shape index (κ1) is 33.0. The van der Waals surface area contributed by atoms with Crippen molar-refractivity contribution < 1.29 is 23.5 Å². The van der Waals surface area contributed by atoms with Gasteiger partial charge in [0.05, 0.1) is 11.8 Å². The molecule has 9 heteroatoms. The van der Waals surface area contributed by atoms with Crippen molar-refractivity contribution in [3.63, 3.8) is 0 Å². The second kappa shape index (κ2) is 15.3. The van der Waals surface area contributed by atoms with Gasteiger partial charge in [0.15, 0.2) is 11.5 Å². The average Bonchev–Trinajstić information content (AvgIpc) is 3.47. The molecule has 5 rings (SSSR count). The third-order valence-corrected chi connectivity index (χ3v) is 7.85. The molecule has 0 saturated carbocycles. The van der Waals surface area contributed by atoms with Crippen LogP contribution in [0.5, 0.6) is 11.5 Å². The van der Waals surface area contributed by atoms with Gasteiger partial charge in [-0.25, -0.2) is 9.18 Å². The second-order valence-electron chi connectivity index (χ2n) is 11.3. The second-order valence-corrected chi connectivity index (χ2v) is 12.1. The highest BCUT2D eigenvalue weighted by Gasteiger charge is 2.26. The lowest BCUT2D eigenvalue weighted by Gasteiger charge is -2.28. The van der Waals surface area contributed by atoms with Crippen LogP contribution >= 0.6 is 23.2 Å². The number of nitrogens with zero attached hydrogens (tertiary/aromatic N) is 1. The molecule has 0 bridgehead atoms. The molecule has 0 radical (unpaired) electrons. The van der Waals surface area contributed by atoms with Crippen LogP contribution in [0, 0.1) is 5.82 Å². The molecule has 5 aromatic rings. The maximum absolute atomic E-state index is 13.8. The molecule has 1 aromatic heterocycles. The number of H-pyrrole nitrogens is 1. The molecule has 1 heterocycles. The Hall–Kier alpha value is -4.33. The number of carbonyl (C=O) groups is 2. The van der Waals surface area contributed by atoms with Gasteiger partial charge in [-0.2, -0.15) is 0 Å². The van der Waals surface area contributed by atoms with Gasteiger partial charge in [-0.1, -0.05) is 54.1 Å². The third kappa shape index (κ3) is 8.47. The number of esters is 1. The summed E-state index contributed by atoms with van der Waals surface area (Å²) in [6.45, 7) is 4.01. The number of hydrogen-bond donors (Lipinski definition) is 1. The number of alkyl halides is 1. The van der Waals surface area contributed by atoms with Gasteiger partial charge in [-0.15, -0.1) is 11.6 Å². The predicted octanol–water partition coefficient (Wildman–Crippen LogP) is 9.15. The van der Waals surface area contributed by atoms with E-state index in [0.29, 0.717) is 35.9 Å². The summed E-state index contributed by atoms with van der Waals surface area (Å²) in [5.41, 5.74) is 4.14. The smallest absolute Gasteiger partial charge is 0.360 e. The van der Waals surface area contributed by atoms with E-state index in [1.165, 1.54) is 12.1 Å². The van der Waals surface area contributed by atoms with E-state index in [1.807, 2.05) is 62.4 Å². The Balaban J connectivity index is 1.61. The van der Waals surface area contributed by atoms with E-state index in [9.17, 15) is 14.0 Å². The van der Waals surface area contributed by atoms with Gasteiger partial charge < -0.3 is 19.4 Å². The number of ether oxygens (including phenoxy) is 2. The number of aromatic nitrogens is 1. The van der Waals surface area contributed by atoms with Gasteiger partial charge in [0.25, 0.3) is 0 Å². The van der Waals surface area contributed by atoms with Crippen molar-refractivity contribution in [2.24, 2.45) is 0 Å². The Morgan fingerprint density at radius 2 is 1.70 bits per heavy atom. The molecule has 0 aliphatic heterocycles. The number of carbonyl (C=O) groups excluding carboxylic acids is 2. The Labute approximate surface area is 278 Å². The Morgan fingerprint density at radius 1 is 0.913 bits per heavy atom. The third-order valence-electron chi connectivity index (χ3n) is 7.35. The quantitative estimate of drug-likeness (QED) is 0.0776. The number of aromatic amines is 1. The minimum atomic E-state index is -0.595. The maximum atomic E-state index is 13.8. The van der Waals surface area contributed by atoms with Crippen molar-refractivity contribution in [1.29, 1.82) is 0 Å². The molecule has 238 valence electrons. The number of hydrogen-bond acceptors (Lipinski definition) is 4. The van der Waals surface area contributed by atoms with Crippen LogP contribution in [0.15, 0.2) is 91.0 Å². The molecule has 1 N–H and O–H groups in total. The van der Waals surface area contributed by atoms with Crippen LogP contribution in [-0.2, 0) is 17.6 Å². The molecule has 0 saturated heterocycles. The topological polar surface area (TPSA) is 71.6 Å². The molecular weight excluding hydrogens is 626 g/mol. The Bertz CT molecular complexity index is 1790. The highest BCUT2D eigenvalue weighted by atomic mass is 35.5. The summed E-state index contributed by atoms with van der Waals surface area (Å²) in [7, 11) is 0. The van der Waals surface area contributed by atoms with E-state index in [2.05, 4.69) is 4.98 Å². The minimum Gasteiger partial charge on any atom is -0.485 e. The number of benzene rings is 4.